The van der Waals surface area contributed by atoms with Gasteiger partial charge in [-0.15, -0.1) is 0 Å². The van der Waals surface area contributed by atoms with Gasteiger partial charge in [0.15, 0.2) is 0 Å². The zero-order valence-electron chi connectivity index (χ0n) is 16.4. The van der Waals surface area contributed by atoms with Crippen molar-refractivity contribution in [2.24, 2.45) is 0 Å². The quantitative estimate of drug-likeness (QED) is 0.543. The van der Waals surface area contributed by atoms with Gasteiger partial charge in [0.1, 0.15) is 0 Å². The lowest BCUT2D eigenvalue weighted by molar-refractivity contribution is -0.515. The molecule has 1 heterocycles. The molecule has 0 radical (unpaired) electrons. The van der Waals surface area contributed by atoms with Crippen LogP contribution in [0.1, 0.15) is 55.7 Å². The number of hydrogen-bond acceptors (Lipinski definition) is 4. The van der Waals surface area contributed by atoms with Crippen molar-refractivity contribution in [2.75, 3.05) is 20.1 Å². The summed E-state index contributed by atoms with van der Waals surface area (Å²) in [5.41, 5.74) is -0.932. The maximum Gasteiger partial charge on any atom is 0.416 e. The number of nitro groups is 1. The Balaban J connectivity index is 1.81. The molecule has 3 atom stereocenters. The molecule has 1 aromatic rings. The maximum atomic E-state index is 13.1. The summed E-state index contributed by atoms with van der Waals surface area (Å²) in [6.45, 7) is 1.95. The molecule has 1 saturated heterocycles. The number of likely N-dealkylation sites (tertiary alicyclic amines) is 1. The summed E-state index contributed by atoms with van der Waals surface area (Å²) in [6.07, 6.45) is 1.45. The fourth-order valence-corrected chi connectivity index (χ4v) is 4.61. The molecular weight excluding hydrogens is 387 g/mol. The topological polar surface area (TPSA) is 66.7 Å². The highest BCUT2D eigenvalue weighted by Crippen LogP contribution is 2.33. The van der Waals surface area contributed by atoms with Gasteiger partial charge in [0.2, 0.25) is 0 Å². The summed E-state index contributed by atoms with van der Waals surface area (Å²) < 4.78 is 38.4. The minimum atomic E-state index is -4.53. The van der Waals surface area contributed by atoms with Crippen LogP contribution in [0.4, 0.5) is 13.2 Å². The van der Waals surface area contributed by atoms with E-state index in [0.29, 0.717) is 0 Å². The Morgan fingerprint density at radius 3 is 2.28 bits per heavy atom. The maximum absolute atomic E-state index is 13.1. The Kier molecular flexibility index (Phi) is 6.45. The van der Waals surface area contributed by atoms with Crippen LogP contribution in [0, 0.1) is 10.1 Å². The van der Waals surface area contributed by atoms with Gasteiger partial charge in [-0.25, -0.2) is 0 Å². The fraction of sp³-hybridized carbons (Fsp3) is 0.650. The van der Waals surface area contributed by atoms with E-state index >= 15 is 0 Å². The van der Waals surface area contributed by atoms with E-state index in [9.17, 15) is 28.1 Å². The van der Waals surface area contributed by atoms with Gasteiger partial charge in [-0.1, -0.05) is 25.0 Å². The van der Waals surface area contributed by atoms with Gasteiger partial charge >= 0.3 is 18.1 Å². The molecule has 3 rings (SSSR count). The van der Waals surface area contributed by atoms with Gasteiger partial charge in [0.25, 0.3) is 0 Å². The van der Waals surface area contributed by atoms with Gasteiger partial charge in [-0.05, 0) is 50.9 Å². The highest BCUT2D eigenvalue weighted by molar-refractivity contribution is 5.82. The molecule has 2 aliphatic rings. The summed E-state index contributed by atoms with van der Waals surface area (Å²) in [4.78, 5) is 27.9. The van der Waals surface area contributed by atoms with Crippen molar-refractivity contribution in [1.82, 2.24) is 9.80 Å². The second kappa shape index (κ2) is 8.69. The number of alkyl halides is 3. The van der Waals surface area contributed by atoms with E-state index in [1.807, 2.05) is 0 Å². The third-order valence-corrected chi connectivity index (χ3v) is 6.15. The molecule has 1 aliphatic carbocycles. The van der Waals surface area contributed by atoms with Gasteiger partial charge < -0.3 is 4.90 Å². The zero-order valence-corrected chi connectivity index (χ0v) is 16.4. The number of likely N-dealkylation sites (N-methyl/N-ethyl adjacent to an activating group) is 1. The molecule has 0 unspecified atom stereocenters. The second-order valence-corrected chi connectivity index (χ2v) is 7.92. The summed E-state index contributed by atoms with van der Waals surface area (Å²) in [7, 11) is 1.59. The number of carbonyl (C=O) groups is 1. The van der Waals surface area contributed by atoms with Crippen LogP contribution in [-0.4, -0.2) is 52.9 Å². The highest BCUT2D eigenvalue weighted by atomic mass is 19.4. The molecule has 6 nitrogen and oxygen atoms in total. The molecule has 9 heteroatoms. The van der Waals surface area contributed by atoms with Gasteiger partial charge in [-0.3, -0.25) is 19.8 Å². The van der Waals surface area contributed by atoms with Crippen LogP contribution in [0.3, 0.4) is 0 Å². The van der Waals surface area contributed by atoms with E-state index in [4.69, 9.17) is 0 Å². The van der Waals surface area contributed by atoms with E-state index in [-0.39, 0.29) is 17.6 Å². The minimum absolute atomic E-state index is 0.0339. The molecule has 2 fully saturated rings. The van der Waals surface area contributed by atoms with Crippen molar-refractivity contribution < 1.29 is 22.9 Å². The van der Waals surface area contributed by atoms with Crippen molar-refractivity contribution in [1.29, 1.82) is 0 Å². The van der Waals surface area contributed by atoms with Crippen LogP contribution in [0.25, 0.3) is 0 Å². The van der Waals surface area contributed by atoms with Crippen LogP contribution < -0.4 is 0 Å². The number of amides is 1. The first kappa shape index (κ1) is 21.5. The normalized spacial score (nSPS) is 24.3. The van der Waals surface area contributed by atoms with E-state index in [0.717, 1.165) is 75.9 Å². The van der Waals surface area contributed by atoms with Gasteiger partial charge in [-0.2, -0.15) is 13.2 Å². The zero-order chi connectivity index (χ0) is 21.2. The Bertz CT molecular complexity index is 733. The lowest BCUT2D eigenvalue weighted by Gasteiger charge is -2.42. The number of carbonyl (C=O) groups excluding carboxylic acids is 1. The van der Waals surface area contributed by atoms with Crippen LogP contribution >= 0.6 is 0 Å². The van der Waals surface area contributed by atoms with Crippen molar-refractivity contribution in [3.05, 3.63) is 45.5 Å². The van der Waals surface area contributed by atoms with Crippen LogP contribution in [0.5, 0.6) is 0 Å². The molecule has 0 bridgehead atoms. The number of hydrogen-bond donors (Lipinski definition) is 0. The number of benzene rings is 1. The molecule has 1 aliphatic heterocycles. The molecule has 1 saturated carbocycles. The molecular formula is C20H26F3N3O3. The van der Waals surface area contributed by atoms with E-state index in [1.165, 1.54) is 4.90 Å². The Hall–Kier alpha value is -2.16. The lowest BCUT2D eigenvalue weighted by atomic mass is 9.87. The SMILES string of the molecule is CN(C(=O)[C@H](c1ccc(C(F)(F)F)cc1)[N+](=O)[O-])[C@@H]1CCCC[C@H]1N1CCCC1. The molecule has 160 valence electrons. The van der Waals surface area contributed by atoms with Gasteiger partial charge in [0, 0.05) is 29.6 Å². The summed E-state index contributed by atoms with van der Waals surface area (Å²) in [5.74, 6) is -0.675. The number of nitrogens with zero attached hydrogens (tertiary/aromatic N) is 3. The molecule has 29 heavy (non-hydrogen) atoms. The Labute approximate surface area is 167 Å². The highest BCUT2D eigenvalue weighted by Gasteiger charge is 2.42. The van der Waals surface area contributed by atoms with Crippen LogP contribution in [0.15, 0.2) is 24.3 Å². The number of rotatable bonds is 5. The minimum Gasteiger partial charge on any atom is -0.335 e. The molecule has 0 spiro atoms. The van der Waals surface area contributed by atoms with E-state index in [1.54, 1.807) is 7.05 Å². The third-order valence-electron chi connectivity index (χ3n) is 6.15. The third kappa shape index (κ3) is 4.71. The van der Waals surface area contributed by atoms with Crippen molar-refractivity contribution in [2.45, 2.75) is 62.8 Å². The molecule has 0 aromatic heterocycles. The fourth-order valence-electron chi connectivity index (χ4n) is 4.61. The van der Waals surface area contributed by atoms with Crippen LogP contribution in [0.2, 0.25) is 0 Å². The van der Waals surface area contributed by atoms with E-state index < -0.39 is 28.6 Å². The van der Waals surface area contributed by atoms with Crippen LogP contribution in [-0.2, 0) is 11.0 Å². The Morgan fingerprint density at radius 1 is 1.14 bits per heavy atom. The first-order chi connectivity index (χ1) is 13.7. The predicted molar refractivity (Wildman–Crippen MR) is 101 cm³/mol. The smallest absolute Gasteiger partial charge is 0.335 e. The monoisotopic (exact) mass is 413 g/mol. The first-order valence-corrected chi connectivity index (χ1v) is 10.0. The molecule has 0 N–H and O–H groups in total. The molecule has 1 amide bonds. The second-order valence-electron chi connectivity index (χ2n) is 7.92. The van der Waals surface area contributed by atoms with Crippen molar-refractivity contribution >= 4 is 5.91 Å². The lowest BCUT2D eigenvalue weighted by Crippen LogP contribution is -2.54. The Morgan fingerprint density at radius 2 is 1.72 bits per heavy atom. The van der Waals surface area contributed by atoms with Gasteiger partial charge in [0.05, 0.1) is 5.56 Å². The predicted octanol–water partition coefficient (Wildman–Crippen LogP) is 3.89. The summed E-state index contributed by atoms with van der Waals surface area (Å²) in [5, 5.41) is 11.7. The average Bonchev–Trinajstić information content (AvgIpc) is 3.21. The van der Waals surface area contributed by atoms with E-state index in [2.05, 4.69) is 4.90 Å². The summed E-state index contributed by atoms with van der Waals surface area (Å²) >= 11 is 0. The first-order valence-electron chi connectivity index (χ1n) is 10.0. The van der Waals surface area contributed by atoms with Crippen molar-refractivity contribution in [3.8, 4) is 0 Å². The van der Waals surface area contributed by atoms with Crippen molar-refractivity contribution in [3.63, 3.8) is 0 Å². The standard InChI is InChI=1S/C20H26F3N3O3/c1-24(16-6-2-3-7-17(16)25-12-4-5-13-25)19(27)18(26(28)29)14-8-10-15(11-9-14)20(21,22)23/h8-11,16-18H,2-7,12-13H2,1H3/t16-,17-,18+/m1/s1. The average molecular weight is 413 g/mol. The summed E-state index contributed by atoms with van der Waals surface area (Å²) in [6, 6.07) is 1.98. The largest absolute Gasteiger partial charge is 0.416 e. The molecule has 1 aromatic carbocycles. The number of halogens is 3.